The zero-order valence-corrected chi connectivity index (χ0v) is 16.6. The Kier molecular flexibility index (Phi) is 4.48. The number of aromatic nitrogens is 6. The molecular weight excluding hydrogens is 364 g/mol. The lowest BCUT2D eigenvalue weighted by molar-refractivity contribution is 0.370. The number of nitrogens with zero attached hydrogens (tertiary/aromatic N) is 5. The molecule has 0 aliphatic carbocycles. The van der Waals surface area contributed by atoms with Crippen molar-refractivity contribution in [2.75, 3.05) is 18.5 Å². The molecule has 0 radical (unpaired) electrons. The van der Waals surface area contributed by atoms with Gasteiger partial charge in [0.25, 0.3) is 0 Å². The van der Waals surface area contributed by atoms with Gasteiger partial charge in [-0.05, 0) is 50.1 Å². The van der Waals surface area contributed by atoms with Crippen LogP contribution in [0.3, 0.4) is 0 Å². The molecule has 1 saturated heterocycles. The summed E-state index contributed by atoms with van der Waals surface area (Å²) in [6, 6.07) is 9.25. The number of fused-ring (bicyclic) bond motifs is 1. The van der Waals surface area contributed by atoms with Crippen LogP contribution in [-0.4, -0.2) is 56.3 Å². The Balaban J connectivity index is 1.45. The number of piperidine rings is 1. The fraction of sp³-hybridized carbons (Fsp3) is 0.333. The van der Waals surface area contributed by atoms with E-state index in [9.17, 15) is 0 Å². The Labute approximate surface area is 168 Å². The second-order valence-electron chi connectivity index (χ2n) is 7.73. The molecule has 3 aromatic heterocycles. The second-order valence-corrected chi connectivity index (χ2v) is 7.73. The molecular formula is C21H24N8. The van der Waals surface area contributed by atoms with E-state index in [1.54, 1.807) is 0 Å². The molecule has 1 aromatic carbocycles. The van der Waals surface area contributed by atoms with Crippen LogP contribution < -0.4 is 10.2 Å². The molecule has 5 rings (SSSR count). The standard InChI is InChI=1S/C21H24N8/c1-13-9-15(7-8-22-13)29(2)20-6-5-19(26-27-20)17-4-3-16(14-10-23-24-11-14)18-12-25-28-21(17)18/h3-6,10-13,15,22H,7-9H2,1-2H3,(H,23,24)(H,25,28). The van der Waals surface area contributed by atoms with Gasteiger partial charge in [-0.25, -0.2) is 0 Å². The Morgan fingerprint density at radius 1 is 1.03 bits per heavy atom. The molecule has 0 bridgehead atoms. The third kappa shape index (κ3) is 3.25. The van der Waals surface area contributed by atoms with Crippen molar-refractivity contribution in [2.45, 2.75) is 31.8 Å². The predicted molar refractivity (Wildman–Crippen MR) is 114 cm³/mol. The van der Waals surface area contributed by atoms with Gasteiger partial charge >= 0.3 is 0 Å². The molecule has 0 amide bonds. The van der Waals surface area contributed by atoms with Crippen LogP contribution >= 0.6 is 0 Å². The van der Waals surface area contributed by atoms with Crippen molar-refractivity contribution >= 4 is 16.7 Å². The summed E-state index contributed by atoms with van der Waals surface area (Å²) in [7, 11) is 2.11. The van der Waals surface area contributed by atoms with Gasteiger partial charge < -0.3 is 10.2 Å². The summed E-state index contributed by atoms with van der Waals surface area (Å²) < 4.78 is 0. The lowest BCUT2D eigenvalue weighted by Crippen LogP contribution is -2.45. The first-order valence-electron chi connectivity index (χ1n) is 9.96. The number of nitrogens with one attached hydrogen (secondary N) is 3. The van der Waals surface area contributed by atoms with Gasteiger partial charge in [0.1, 0.15) is 0 Å². The number of hydrogen-bond donors (Lipinski definition) is 3. The van der Waals surface area contributed by atoms with Gasteiger partial charge in [-0.15, -0.1) is 10.2 Å². The molecule has 1 aliphatic heterocycles. The van der Waals surface area contributed by atoms with Crippen LogP contribution in [0.1, 0.15) is 19.8 Å². The molecule has 4 heterocycles. The van der Waals surface area contributed by atoms with E-state index in [2.05, 4.69) is 73.0 Å². The summed E-state index contributed by atoms with van der Waals surface area (Å²) in [4.78, 5) is 2.25. The smallest absolute Gasteiger partial charge is 0.151 e. The van der Waals surface area contributed by atoms with Crippen LogP contribution in [0.5, 0.6) is 0 Å². The zero-order valence-electron chi connectivity index (χ0n) is 16.6. The lowest BCUT2D eigenvalue weighted by atomic mass is 9.99. The Morgan fingerprint density at radius 3 is 2.69 bits per heavy atom. The number of hydrogen-bond acceptors (Lipinski definition) is 6. The Morgan fingerprint density at radius 2 is 1.93 bits per heavy atom. The number of H-pyrrole nitrogens is 2. The number of anilines is 1. The maximum absolute atomic E-state index is 4.53. The largest absolute Gasteiger partial charge is 0.355 e. The van der Waals surface area contributed by atoms with Crippen LogP contribution in [0, 0.1) is 0 Å². The van der Waals surface area contributed by atoms with Crippen molar-refractivity contribution in [2.24, 2.45) is 0 Å². The van der Waals surface area contributed by atoms with E-state index in [1.807, 2.05) is 24.7 Å². The van der Waals surface area contributed by atoms with Crippen molar-refractivity contribution in [1.29, 1.82) is 0 Å². The maximum atomic E-state index is 4.53. The first-order chi connectivity index (χ1) is 14.2. The predicted octanol–water partition coefficient (Wildman–Crippen LogP) is 2.99. The van der Waals surface area contributed by atoms with E-state index in [-0.39, 0.29) is 0 Å². The summed E-state index contributed by atoms with van der Waals surface area (Å²) in [6.07, 6.45) is 7.77. The van der Waals surface area contributed by atoms with Crippen LogP contribution in [0.2, 0.25) is 0 Å². The Hall–Kier alpha value is -3.26. The summed E-state index contributed by atoms with van der Waals surface area (Å²) in [5, 5.41) is 27.9. The van der Waals surface area contributed by atoms with E-state index in [4.69, 9.17) is 0 Å². The topological polar surface area (TPSA) is 98.4 Å². The molecule has 4 aromatic rings. The highest BCUT2D eigenvalue weighted by molar-refractivity contribution is 6.01. The minimum Gasteiger partial charge on any atom is -0.355 e. The minimum atomic E-state index is 0.486. The summed E-state index contributed by atoms with van der Waals surface area (Å²) in [5.41, 5.74) is 4.87. The van der Waals surface area contributed by atoms with Gasteiger partial charge in [-0.1, -0.05) is 6.07 Å². The average Bonchev–Trinajstić information content (AvgIpc) is 3.45. The zero-order chi connectivity index (χ0) is 19.8. The number of aromatic amines is 2. The fourth-order valence-electron chi connectivity index (χ4n) is 4.20. The lowest BCUT2D eigenvalue weighted by Gasteiger charge is -2.35. The Bertz CT molecular complexity index is 1100. The van der Waals surface area contributed by atoms with Crippen molar-refractivity contribution < 1.29 is 0 Å². The summed E-state index contributed by atoms with van der Waals surface area (Å²) in [5.74, 6) is 0.906. The van der Waals surface area contributed by atoms with E-state index in [0.717, 1.165) is 58.5 Å². The van der Waals surface area contributed by atoms with Crippen molar-refractivity contribution in [3.63, 3.8) is 0 Å². The van der Waals surface area contributed by atoms with Crippen molar-refractivity contribution in [1.82, 2.24) is 35.9 Å². The van der Waals surface area contributed by atoms with Crippen LogP contribution in [-0.2, 0) is 0 Å². The van der Waals surface area contributed by atoms with Crippen molar-refractivity contribution in [3.05, 3.63) is 42.9 Å². The molecule has 3 N–H and O–H groups in total. The van der Waals surface area contributed by atoms with Gasteiger partial charge in [0.15, 0.2) is 5.82 Å². The third-order valence-electron chi connectivity index (χ3n) is 5.86. The van der Waals surface area contributed by atoms with E-state index in [0.29, 0.717) is 12.1 Å². The molecule has 0 saturated carbocycles. The number of benzene rings is 1. The van der Waals surface area contributed by atoms with E-state index in [1.165, 1.54) is 0 Å². The van der Waals surface area contributed by atoms with Gasteiger partial charge in [0, 0.05) is 41.8 Å². The highest BCUT2D eigenvalue weighted by Crippen LogP contribution is 2.33. The minimum absolute atomic E-state index is 0.486. The van der Waals surface area contributed by atoms with Crippen LogP contribution in [0.4, 0.5) is 5.82 Å². The molecule has 0 spiro atoms. The highest BCUT2D eigenvalue weighted by atomic mass is 15.3. The fourth-order valence-corrected chi connectivity index (χ4v) is 4.20. The third-order valence-corrected chi connectivity index (χ3v) is 5.86. The molecule has 1 fully saturated rings. The van der Waals surface area contributed by atoms with Crippen LogP contribution in [0.25, 0.3) is 33.3 Å². The van der Waals surface area contributed by atoms with Crippen molar-refractivity contribution in [3.8, 4) is 22.4 Å². The average molecular weight is 388 g/mol. The quantitative estimate of drug-likeness (QED) is 0.497. The molecule has 8 nitrogen and oxygen atoms in total. The van der Waals surface area contributed by atoms with E-state index >= 15 is 0 Å². The molecule has 2 atom stereocenters. The van der Waals surface area contributed by atoms with E-state index < -0.39 is 0 Å². The first-order valence-corrected chi connectivity index (χ1v) is 9.96. The van der Waals surface area contributed by atoms with Gasteiger partial charge in [-0.2, -0.15) is 10.2 Å². The SMILES string of the molecule is CC1CC(N(C)c2ccc(-c3ccc(-c4cn[nH]c4)c4cn[nH]c34)nn2)CCN1. The summed E-state index contributed by atoms with van der Waals surface area (Å²) >= 11 is 0. The van der Waals surface area contributed by atoms with Crippen LogP contribution in [0.15, 0.2) is 42.9 Å². The first kappa shape index (κ1) is 17.8. The molecule has 2 unspecified atom stereocenters. The maximum Gasteiger partial charge on any atom is 0.151 e. The highest BCUT2D eigenvalue weighted by Gasteiger charge is 2.23. The molecule has 8 heteroatoms. The van der Waals surface area contributed by atoms with Gasteiger partial charge in [-0.3, -0.25) is 10.2 Å². The van der Waals surface area contributed by atoms with Gasteiger partial charge in [0.05, 0.1) is 23.6 Å². The molecule has 148 valence electrons. The second kappa shape index (κ2) is 7.29. The van der Waals surface area contributed by atoms with Gasteiger partial charge in [0.2, 0.25) is 0 Å². The monoisotopic (exact) mass is 388 g/mol. The molecule has 29 heavy (non-hydrogen) atoms. The summed E-state index contributed by atoms with van der Waals surface area (Å²) in [6.45, 7) is 3.28. The number of rotatable bonds is 4. The molecule has 1 aliphatic rings. The normalized spacial score (nSPS) is 19.5.